The normalized spacial score (nSPS) is 12.8. The molecule has 1 aromatic heterocycles. The number of pyridine rings is 1. The number of nitrogens with two attached hydrogens (primary N) is 1. The van der Waals surface area contributed by atoms with E-state index in [1.807, 2.05) is 6.92 Å². The fraction of sp³-hybridized carbons (Fsp3) is 0.444. The average Bonchev–Trinajstić information content (AvgIpc) is 2.16. The van der Waals surface area contributed by atoms with E-state index in [1.54, 1.807) is 12.3 Å². The fourth-order valence-corrected chi connectivity index (χ4v) is 1.24. The van der Waals surface area contributed by atoms with E-state index in [0.29, 0.717) is 5.69 Å². The van der Waals surface area contributed by atoms with Crippen LogP contribution in [0, 0.1) is 5.82 Å². The Morgan fingerprint density at radius 3 is 3.00 bits per heavy atom. The van der Waals surface area contributed by atoms with Gasteiger partial charge in [0.2, 0.25) is 0 Å². The van der Waals surface area contributed by atoms with Crippen LogP contribution in [-0.4, -0.2) is 4.98 Å². The maximum atomic E-state index is 13.2. The average molecular weight is 183 g/mol. The van der Waals surface area contributed by atoms with Gasteiger partial charge in [0, 0.05) is 6.20 Å². The number of aromatic nitrogens is 1. The van der Waals surface area contributed by atoms with Gasteiger partial charge in [-0.25, -0.2) is 4.39 Å². The minimum Gasteiger partial charge on any atom is -0.271 e. The van der Waals surface area contributed by atoms with Crippen molar-refractivity contribution >= 4 is 0 Å². The molecule has 0 fully saturated rings. The highest BCUT2D eigenvalue weighted by Crippen LogP contribution is 2.17. The zero-order valence-corrected chi connectivity index (χ0v) is 7.63. The SMILES string of the molecule is CCCC(NN)c1ncccc1F. The molecule has 1 aromatic rings. The molecule has 13 heavy (non-hydrogen) atoms. The highest BCUT2D eigenvalue weighted by Gasteiger charge is 2.13. The molecule has 0 saturated heterocycles. The molecule has 0 radical (unpaired) electrons. The van der Waals surface area contributed by atoms with Gasteiger partial charge in [-0.3, -0.25) is 16.3 Å². The monoisotopic (exact) mass is 183 g/mol. The van der Waals surface area contributed by atoms with Crippen molar-refractivity contribution in [3.8, 4) is 0 Å². The second-order valence-electron chi connectivity index (χ2n) is 2.88. The summed E-state index contributed by atoms with van der Waals surface area (Å²) < 4.78 is 13.2. The van der Waals surface area contributed by atoms with E-state index in [1.165, 1.54) is 6.07 Å². The van der Waals surface area contributed by atoms with Crippen molar-refractivity contribution in [2.45, 2.75) is 25.8 Å². The minimum absolute atomic E-state index is 0.189. The van der Waals surface area contributed by atoms with Gasteiger partial charge in [-0.15, -0.1) is 0 Å². The zero-order valence-electron chi connectivity index (χ0n) is 7.63. The molecule has 1 unspecified atom stereocenters. The zero-order chi connectivity index (χ0) is 9.68. The quantitative estimate of drug-likeness (QED) is 0.549. The molecule has 0 bridgehead atoms. The summed E-state index contributed by atoms with van der Waals surface area (Å²) in [7, 11) is 0. The molecule has 3 nitrogen and oxygen atoms in total. The van der Waals surface area contributed by atoms with Crippen molar-refractivity contribution in [1.82, 2.24) is 10.4 Å². The molecule has 0 aromatic carbocycles. The summed E-state index contributed by atoms with van der Waals surface area (Å²) in [5, 5.41) is 0. The lowest BCUT2D eigenvalue weighted by Crippen LogP contribution is -2.29. The van der Waals surface area contributed by atoms with Crippen molar-refractivity contribution in [2.75, 3.05) is 0 Å². The number of rotatable bonds is 4. The first-order valence-electron chi connectivity index (χ1n) is 4.36. The molecule has 3 N–H and O–H groups in total. The number of nitrogens with one attached hydrogen (secondary N) is 1. The van der Waals surface area contributed by atoms with Crippen molar-refractivity contribution < 1.29 is 4.39 Å². The molecule has 0 aliphatic rings. The third-order valence-electron chi connectivity index (χ3n) is 1.90. The highest BCUT2D eigenvalue weighted by molar-refractivity contribution is 5.11. The first kappa shape index (κ1) is 10.1. The van der Waals surface area contributed by atoms with E-state index < -0.39 is 0 Å². The van der Waals surface area contributed by atoms with Crippen molar-refractivity contribution in [3.63, 3.8) is 0 Å². The van der Waals surface area contributed by atoms with Crippen LogP contribution in [0.5, 0.6) is 0 Å². The van der Waals surface area contributed by atoms with E-state index in [0.717, 1.165) is 12.8 Å². The molecule has 0 aliphatic heterocycles. The number of hydrogen-bond donors (Lipinski definition) is 2. The van der Waals surface area contributed by atoms with Gasteiger partial charge in [0.05, 0.1) is 11.7 Å². The first-order chi connectivity index (χ1) is 6.29. The summed E-state index contributed by atoms with van der Waals surface area (Å²) in [6.45, 7) is 2.02. The first-order valence-corrected chi connectivity index (χ1v) is 4.36. The largest absolute Gasteiger partial charge is 0.271 e. The molecule has 1 atom stereocenters. The Morgan fingerprint density at radius 1 is 1.69 bits per heavy atom. The number of halogens is 1. The lowest BCUT2D eigenvalue weighted by Gasteiger charge is -2.14. The van der Waals surface area contributed by atoms with Crippen LogP contribution in [-0.2, 0) is 0 Å². The van der Waals surface area contributed by atoms with Gasteiger partial charge in [0.1, 0.15) is 5.82 Å². The molecule has 4 heteroatoms. The maximum absolute atomic E-state index is 13.2. The van der Waals surface area contributed by atoms with Gasteiger partial charge in [0.25, 0.3) is 0 Å². The highest BCUT2D eigenvalue weighted by atomic mass is 19.1. The van der Waals surface area contributed by atoms with E-state index in [9.17, 15) is 4.39 Å². The van der Waals surface area contributed by atoms with E-state index >= 15 is 0 Å². The third-order valence-corrected chi connectivity index (χ3v) is 1.90. The van der Waals surface area contributed by atoms with Crippen LogP contribution in [0.15, 0.2) is 18.3 Å². The molecule has 0 amide bonds. The van der Waals surface area contributed by atoms with Crippen LogP contribution in [0.2, 0.25) is 0 Å². The van der Waals surface area contributed by atoms with Crippen LogP contribution in [0.1, 0.15) is 31.5 Å². The van der Waals surface area contributed by atoms with E-state index in [2.05, 4.69) is 10.4 Å². The van der Waals surface area contributed by atoms with E-state index in [-0.39, 0.29) is 11.9 Å². The van der Waals surface area contributed by atoms with Crippen LogP contribution in [0.3, 0.4) is 0 Å². The molecule has 0 spiro atoms. The number of hydrazine groups is 1. The van der Waals surface area contributed by atoms with Gasteiger partial charge >= 0.3 is 0 Å². The van der Waals surface area contributed by atoms with Gasteiger partial charge in [-0.2, -0.15) is 0 Å². The van der Waals surface area contributed by atoms with Gasteiger partial charge in [-0.05, 0) is 18.6 Å². The lowest BCUT2D eigenvalue weighted by molar-refractivity contribution is 0.467. The van der Waals surface area contributed by atoms with Crippen molar-refractivity contribution in [1.29, 1.82) is 0 Å². The molecule has 1 rings (SSSR count). The predicted octanol–water partition coefficient (Wildman–Crippen LogP) is 1.53. The Labute approximate surface area is 77.1 Å². The molecular weight excluding hydrogens is 169 g/mol. The molecular formula is C9H14FN3. The summed E-state index contributed by atoms with van der Waals surface area (Å²) in [5.74, 6) is 5.00. The standard InChI is InChI=1S/C9H14FN3/c1-2-4-8(13-11)9-7(10)5-3-6-12-9/h3,5-6,8,13H,2,4,11H2,1H3. The van der Waals surface area contributed by atoms with Crippen molar-refractivity contribution in [3.05, 3.63) is 29.8 Å². The predicted molar refractivity (Wildman–Crippen MR) is 49.2 cm³/mol. The second-order valence-corrected chi connectivity index (χ2v) is 2.88. The fourth-order valence-electron chi connectivity index (χ4n) is 1.24. The molecule has 72 valence electrons. The summed E-state index contributed by atoms with van der Waals surface area (Å²) >= 11 is 0. The van der Waals surface area contributed by atoms with Crippen molar-refractivity contribution in [2.24, 2.45) is 5.84 Å². The number of hydrogen-bond acceptors (Lipinski definition) is 3. The Hall–Kier alpha value is -1.00. The summed E-state index contributed by atoms with van der Waals surface area (Å²) in [6.07, 6.45) is 3.29. The van der Waals surface area contributed by atoms with Crippen LogP contribution >= 0.6 is 0 Å². The summed E-state index contributed by atoms with van der Waals surface area (Å²) in [5.41, 5.74) is 2.95. The molecule has 0 aliphatic carbocycles. The molecule has 0 saturated carbocycles. The smallest absolute Gasteiger partial charge is 0.146 e. The minimum atomic E-state index is -0.307. The summed E-state index contributed by atoms with van der Waals surface area (Å²) in [4.78, 5) is 3.95. The van der Waals surface area contributed by atoms with Gasteiger partial charge in [-0.1, -0.05) is 13.3 Å². The Balaban J connectivity index is 2.84. The van der Waals surface area contributed by atoms with E-state index in [4.69, 9.17) is 5.84 Å². The molecule has 1 heterocycles. The van der Waals surface area contributed by atoms with Gasteiger partial charge in [0.15, 0.2) is 0 Å². The summed E-state index contributed by atoms with van der Waals surface area (Å²) in [6, 6.07) is 2.77. The Bertz CT molecular complexity index is 265. The van der Waals surface area contributed by atoms with Crippen LogP contribution in [0.4, 0.5) is 4.39 Å². The lowest BCUT2D eigenvalue weighted by atomic mass is 10.1. The third kappa shape index (κ3) is 2.47. The Morgan fingerprint density at radius 2 is 2.46 bits per heavy atom. The van der Waals surface area contributed by atoms with Gasteiger partial charge < -0.3 is 0 Å². The topological polar surface area (TPSA) is 50.9 Å². The number of nitrogens with zero attached hydrogens (tertiary/aromatic N) is 1. The van der Waals surface area contributed by atoms with Crippen LogP contribution < -0.4 is 11.3 Å². The second kappa shape index (κ2) is 4.89. The maximum Gasteiger partial charge on any atom is 0.146 e. The Kier molecular flexibility index (Phi) is 3.79. The van der Waals surface area contributed by atoms with Crippen LogP contribution in [0.25, 0.3) is 0 Å².